The number of carbonyl (C=O) groups excluding carboxylic acids is 1. The fourth-order valence-electron chi connectivity index (χ4n) is 7.27. The van der Waals surface area contributed by atoms with E-state index in [1.807, 2.05) is 48.2 Å². The lowest BCUT2D eigenvalue weighted by atomic mass is 9.89. The van der Waals surface area contributed by atoms with Gasteiger partial charge in [-0.2, -0.15) is 13.2 Å². The maximum Gasteiger partial charge on any atom is 0.426 e. The second-order valence-electron chi connectivity index (χ2n) is 14.7. The Kier molecular flexibility index (Phi) is 11.1. The van der Waals surface area contributed by atoms with Gasteiger partial charge in [-0.05, 0) is 62.7 Å². The number of fused-ring (bicyclic) bond motifs is 2. The van der Waals surface area contributed by atoms with Crippen LogP contribution in [0.2, 0.25) is 0 Å². The lowest BCUT2D eigenvalue weighted by Crippen LogP contribution is -2.60. The van der Waals surface area contributed by atoms with Crippen LogP contribution in [-0.2, 0) is 4.79 Å². The lowest BCUT2D eigenvalue weighted by Gasteiger charge is -2.39. The molecule has 0 radical (unpaired) electrons. The van der Waals surface area contributed by atoms with Crippen LogP contribution in [-0.4, -0.2) is 123 Å². The summed E-state index contributed by atoms with van der Waals surface area (Å²) in [6.07, 6.45) is 1.50. The van der Waals surface area contributed by atoms with Crippen LogP contribution in [0.15, 0.2) is 101 Å². The normalized spacial score (nSPS) is 20.8. The number of halogens is 3. The van der Waals surface area contributed by atoms with Crippen LogP contribution in [0.1, 0.15) is 25.0 Å². The summed E-state index contributed by atoms with van der Waals surface area (Å²) in [5, 5.41) is 34.4. The number of rotatable bonds is 4. The number of aliphatic imine (C=N–C) groups is 2. The summed E-state index contributed by atoms with van der Waals surface area (Å²) in [5.41, 5.74) is 0.586. The first kappa shape index (κ1) is 39.4. The third-order valence-electron chi connectivity index (χ3n) is 10.6. The number of aryl methyl sites for hydroxylation is 1. The van der Waals surface area contributed by atoms with Gasteiger partial charge in [-0.15, -0.1) is 0 Å². The first-order chi connectivity index (χ1) is 27.2. The molecule has 4 heterocycles. The molecular weight excluding hydrogens is 738 g/mol. The van der Waals surface area contributed by atoms with Gasteiger partial charge in [-0.3, -0.25) is 9.79 Å². The number of hydrogen-bond donors (Lipinski definition) is 4. The molecule has 1 aromatic heterocycles. The number of nitrogens with zero attached hydrogens (tertiary/aromatic N) is 7. The molecule has 1 aliphatic carbocycles. The zero-order valence-electron chi connectivity index (χ0n) is 31.9. The van der Waals surface area contributed by atoms with E-state index in [9.17, 15) is 33.3 Å². The fourth-order valence-corrected chi connectivity index (χ4v) is 7.27. The van der Waals surface area contributed by atoms with Gasteiger partial charge in [0.15, 0.2) is 11.7 Å². The average molecular weight is 783 g/mol. The van der Waals surface area contributed by atoms with Gasteiger partial charge in [-0.1, -0.05) is 54.1 Å². The maximum absolute atomic E-state index is 13.1. The maximum atomic E-state index is 13.1. The van der Waals surface area contributed by atoms with E-state index >= 15 is 0 Å². The molecule has 8 rings (SSSR count). The van der Waals surface area contributed by atoms with Gasteiger partial charge in [0, 0.05) is 57.7 Å². The number of piperazine rings is 2. The van der Waals surface area contributed by atoms with Gasteiger partial charge in [0.25, 0.3) is 5.91 Å². The molecule has 1 amide bonds. The van der Waals surface area contributed by atoms with Crippen molar-refractivity contribution in [1.29, 1.82) is 0 Å². The summed E-state index contributed by atoms with van der Waals surface area (Å²) in [6.45, 7) is 8.77. The highest BCUT2D eigenvalue weighted by Crippen LogP contribution is 2.35. The standard InChI is InChI=1S/C23H23F3N4O3.C19H22N4O/c1-14-7-8-15-17(13-14)27-19(16-5-3-4-6-18(16)31)28-20(15)29-9-11-30(12-10-29)21(32)22(2,33)23(24,25)26;1-13-6-7-14-16(12-13)21-18(15-4-2-3-5-17(15)24)22-19(14)23-10-8-20-9-11-23/h3-8,13,31,33H,9-12H2,1-2H3;2-7,12,14,16,20,24H,8-11H2,1H3. The van der Waals surface area contributed by atoms with Gasteiger partial charge in [-0.25, -0.2) is 15.0 Å². The van der Waals surface area contributed by atoms with Crippen LogP contribution < -0.4 is 10.2 Å². The van der Waals surface area contributed by atoms with Gasteiger partial charge >= 0.3 is 6.18 Å². The molecule has 3 atom stereocenters. The van der Waals surface area contributed by atoms with Crippen molar-refractivity contribution in [3.05, 3.63) is 102 Å². The molecule has 15 heteroatoms. The highest BCUT2D eigenvalue weighted by Gasteiger charge is 2.57. The van der Waals surface area contributed by atoms with Crippen molar-refractivity contribution in [2.24, 2.45) is 15.9 Å². The number of benzene rings is 3. The first-order valence-electron chi connectivity index (χ1n) is 18.9. The first-order valence-corrected chi connectivity index (χ1v) is 18.9. The number of phenolic OH excluding ortho intramolecular Hbond substituents is 2. The summed E-state index contributed by atoms with van der Waals surface area (Å²) in [7, 11) is 0. The molecule has 4 aliphatic rings. The van der Waals surface area contributed by atoms with Crippen molar-refractivity contribution in [3.8, 4) is 22.9 Å². The Morgan fingerprint density at radius 3 is 2.14 bits per heavy atom. The number of amidine groups is 2. The van der Waals surface area contributed by atoms with E-state index < -0.39 is 17.7 Å². The molecular formula is C42H45F3N8O4. The van der Waals surface area contributed by atoms with Gasteiger partial charge in [0.2, 0.25) is 5.60 Å². The number of amides is 1. The van der Waals surface area contributed by atoms with E-state index in [-0.39, 0.29) is 49.6 Å². The number of para-hydroxylation sites is 2. The summed E-state index contributed by atoms with van der Waals surface area (Å²) < 4.78 is 39.2. The molecule has 57 heavy (non-hydrogen) atoms. The van der Waals surface area contributed by atoms with Crippen LogP contribution >= 0.6 is 0 Å². The monoisotopic (exact) mass is 782 g/mol. The highest BCUT2D eigenvalue weighted by atomic mass is 19.4. The predicted octanol–water partition coefficient (Wildman–Crippen LogP) is 5.23. The molecule has 0 saturated carbocycles. The number of carbonyl (C=O) groups is 1. The summed E-state index contributed by atoms with van der Waals surface area (Å²) in [5.74, 6) is 1.64. The van der Waals surface area contributed by atoms with E-state index in [1.165, 1.54) is 11.6 Å². The zero-order valence-corrected chi connectivity index (χ0v) is 31.9. The summed E-state index contributed by atoms with van der Waals surface area (Å²) in [4.78, 5) is 36.5. The molecule has 298 valence electrons. The Bertz CT molecular complexity index is 2270. The minimum Gasteiger partial charge on any atom is -0.507 e. The van der Waals surface area contributed by atoms with Gasteiger partial charge < -0.3 is 35.3 Å². The van der Waals surface area contributed by atoms with E-state index in [0.717, 1.165) is 47.9 Å². The minimum absolute atomic E-state index is 0.00561. The molecule has 12 nitrogen and oxygen atoms in total. The minimum atomic E-state index is -5.06. The number of nitrogens with one attached hydrogen (secondary N) is 1. The number of aliphatic hydroxyl groups is 1. The number of alkyl halides is 3. The number of anilines is 1. The predicted molar refractivity (Wildman–Crippen MR) is 214 cm³/mol. The van der Waals surface area contributed by atoms with Crippen molar-refractivity contribution >= 4 is 34.3 Å². The third-order valence-corrected chi connectivity index (χ3v) is 10.6. The van der Waals surface area contributed by atoms with E-state index in [4.69, 9.17) is 9.98 Å². The van der Waals surface area contributed by atoms with Crippen LogP contribution in [0.3, 0.4) is 0 Å². The van der Waals surface area contributed by atoms with Crippen molar-refractivity contribution in [2.75, 3.05) is 57.3 Å². The van der Waals surface area contributed by atoms with Crippen LogP contribution in [0, 0.1) is 12.8 Å². The van der Waals surface area contributed by atoms with Gasteiger partial charge in [0.05, 0.1) is 28.6 Å². The second kappa shape index (κ2) is 16.0. The topological polar surface area (TPSA) is 150 Å². The fraction of sp³-hybridized carbons (Fsp3) is 0.357. The summed E-state index contributed by atoms with van der Waals surface area (Å²) >= 11 is 0. The second-order valence-corrected chi connectivity index (χ2v) is 14.7. The molecule has 3 aliphatic heterocycles. The van der Waals surface area contributed by atoms with Crippen molar-refractivity contribution in [2.45, 2.75) is 38.6 Å². The number of phenols is 2. The van der Waals surface area contributed by atoms with E-state index in [1.54, 1.807) is 24.3 Å². The molecule has 3 unspecified atom stereocenters. The Morgan fingerprint density at radius 2 is 1.49 bits per heavy atom. The Balaban J connectivity index is 0.000000183. The SMILES string of the molecule is CC1=CC2N=C(c3ccccc3O)N=C(N3CCNCC3)C2C=C1.Cc1ccc2c(N3CCN(C(=O)C(C)(O)C(F)(F)F)CC3)nc(-c3ccccc3O)nc2c1. The zero-order chi connectivity index (χ0) is 40.5. The van der Waals surface area contributed by atoms with Crippen LogP contribution in [0.4, 0.5) is 19.0 Å². The Morgan fingerprint density at radius 1 is 0.842 bits per heavy atom. The molecule has 0 bridgehead atoms. The van der Waals surface area contributed by atoms with Crippen molar-refractivity contribution in [3.63, 3.8) is 0 Å². The number of aromatic hydroxyl groups is 2. The molecule has 4 N–H and O–H groups in total. The Labute approximate surface area is 328 Å². The molecule has 2 fully saturated rings. The summed E-state index contributed by atoms with van der Waals surface area (Å²) in [6, 6.07) is 19.7. The number of hydrogen-bond acceptors (Lipinski definition) is 11. The number of aromatic nitrogens is 2. The third kappa shape index (κ3) is 8.21. The Hall–Kier alpha value is -5.80. The quantitative estimate of drug-likeness (QED) is 0.218. The molecule has 0 spiro atoms. The molecule has 3 aromatic carbocycles. The van der Waals surface area contributed by atoms with Crippen molar-refractivity contribution < 1.29 is 33.3 Å². The van der Waals surface area contributed by atoms with E-state index in [2.05, 4.69) is 45.3 Å². The van der Waals surface area contributed by atoms with Crippen LogP contribution in [0.5, 0.6) is 11.5 Å². The lowest BCUT2D eigenvalue weighted by molar-refractivity contribution is -0.250. The molecule has 2 saturated heterocycles. The highest BCUT2D eigenvalue weighted by molar-refractivity contribution is 6.10. The largest absolute Gasteiger partial charge is 0.507 e. The molecule has 4 aromatic rings. The van der Waals surface area contributed by atoms with E-state index in [0.29, 0.717) is 41.0 Å². The van der Waals surface area contributed by atoms with Gasteiger partial charge in [0.1, 0.15) is 23.2 Å². The van der Waals surface area contributed by atoms with Crippen molar-refractivity contribution in [1.82, 2.24) is 25.1 Å². The smallest absolute Gasteiger partial charge is 0.426 e. The number of allylic oxidation sites excluding steroid dienone is 2. The van der Waals surface area contributed by atoms with Crippen LogP contribution in [0.25, 0.3) is 22.3 Å². The average Bonchev–Trinajstić information content (AvgIpc) is 3.20.